The van der Waals surface area contributed by atoms with Gasteiger partial charge in [-0.1, -0.05) is 29.5 Å². The fraction of sp³-hybridized carbons (Fsp3) is 0.0833. The molecule has 0 bridgehead atoms. The first-order chi connectivity index (χ1) is 8.65. The Hall–Kier alpha value is -2.08. The summed E-state index contributed by atoms with van der Waals surface area (Å²) < 4.78 is 13.2. The van der Waals surface area contributed by atoms with Crippen molar-refractivity contribution in [1.82, 2.24) is 9.97 Å². The molecule has 0 aliphatic rings. The maximum absolute atomic E-state index is 12.8. The van der Waals surface area contributed by atoms with E-state index >= 15 is 0 Å². The Morgan fingerprint density at radius 3 is 2.78 bits per heavy atom. The predicted octanol–water partition coefficient (Wildman–Crippen LogP) is 3.08. The lowest BCUT2D eigenvalue weighted by molar-refractivity contribution is 0.326. The molecule has 0 spiro atoms. The Balaban J connectivity index is 2.14. The van der Waals surface area contributed by atoms with Crippen molar-refractivity contribution in [2.24, 2.45) is 5.16 Å². The summed E-state index contributed by atoms with van der Waals surface area (Å²) in [6.07, 6.45) is 1.43. The van der Waals surface area contributed by atoms with Crippen molar-refractivity contribution >= 4 is 17.9 Å². The second-order valence-electron chi connectivity index (χ2n) is 3.52. The second-order valence-corrected chi connectivity index (χ2v) is 3.94. The molecular weight excluding hydrogens is 253 g/mol. The minimum atomic E-state index is -0.286. The van der Waals surface area contributed by atoms with Gasteiger partial charge in [0.25, 0.3) is 0 Å². The van der Waals surface area contributed by atoms with Crippen LogP contribution in [0.2, 0.25) is 0 Å². The number of H-pyrrole nitrogens is 1. The third kappa shape index (κ3) is 3.21. The van der Waals surface area contributed by atoms with E-state index in [1.165, 1.54) is 18.5 Å². The number of halogens is 1. The number of hydrogen-bond donors (Lipinski definition) is 1. The molecule has 0 atom stereocenters. The van der Waals surface area contributed by atoms with Gasteiger partial charge in [0.05, 0.1) is 12.0 Å². The van der Waals surface area contributed by atoms with Gasteiger partial charge < -0.3 is 9.82 Å². The Bertz CT molecular complexity index is 622. The van der Waals surface area contributed by atoms with E-state index in [9.17, 15) is 4.39 Å². The van der Waals surface area contributed by atoms with Crippen LogP contribution >= 0.6 is 12.2 Å². The molecule has 6 heteroatoms. The van der Waals surface area contributed by atoms with Crippen LogP contribution in [0, 0.1) is 10.5 Å². The predicted molar refractivity (Wildman–Crippen MR) is 68.7 cm³/mol. The highest BCUT2D eigenvalue weighted by molar-refractivity contribution is 7.71. The van der Waals surface area contributed by atoms with E-state index in [4.69, 9.17) is 17.1 Å². The molecular formula is C12H10FN3OS. The molecule has 0 saturated heterocycles. The third-order valence-corrected chi connectivity index (χ3v) is 2.42. The van der Waals surface area contributed by atoms with Gasteiger partial charge in [0, 0.05) is 6.07 Å². The number of nitrogens with zero attached hydrogens (tertiary/aromatic N) is 2. The van der Waals surface area contributed by atoms with Crippen LogP contribution in [0.3, 0.4) is 0 Å². The van der Waals surface area contributed by atoms with Crippen LogP contribution in [-0.4, -0.2) is 15.7 Å². The zero-order valence-corrected chi connectivity index (χ0v) is 10.4. The molecule has 0 saturated carbocycles. The average Bonchev–Trinajstić information content (AvgIpc) is 2.37. The fourth-order valence-corrected chi connectivity index (χ4v) is 1.42. The number of aromatic nitrogens is 2. The summed E-state index contributed by atoms with van der Waals surface area (Å²) in [5.41, 5.74) is 1.41. The van der Waals surface area contributed by atoms with Gasteiger partial charge in [0.2, 0.25) is 5.88 Å². The van der Waals surface area contributed by atoms with Crippen LogP contribution in [0.25, 0.3) is 0 Å². The van der Waals surface area contributed by atoms with Gasteiger partial charge in [-0.15, -0.1) is 0 Å². The van der Waals surface area contributed by atoms with Gasteiger partial charge in [-0.05, 0) is 24.6 Å². The molecule has 1 aromatic carbocycles. The van der Waals surface area contributed by atoms with E-state index in [2.05, 4.69) is 15.1 Å². The summed E-state index contributed by atoms with van der Waals surface area (Å²) in [6, 6.07) is 7.55. The smallest absolute Gasteiger partial charge is 0.231 e. The van der Waals surface area contributed by atoms with E-state index in [-0.39, 0.29) is 5.82 Å². The highest BCUT2D eigenvalue weighted by atomic mass is 32.1. The van der Waals surface area contributed by atoms with Gasteiger partial charge in [-0.25, -0.2) is 9.37 Å². The first kappa shape index (κ1) is 12.4. The minimum absolute atomic E-state index is 0.286. The summed E-state index contributed by atoms with van der Waals surface area (Å²) >= 11 is 4.89. The van der Waals surface area contributed by atoms with Crippen molar-refractivity contribution in [3.05, 3.63) is 52.7 Å². The molecule has 0 fully saturated rings. The van der Waals surface area contributed by atoms with Crippen molar-refractivity contribution in [3.8, 4) is 5.88 Å². The quantitative estimate of drug-likeness (QED) is 0.526. The molecule has 0 aliphatic carbocycles. The van der Waals surface area contributed by atoms with Gasteiger partial charge in [0.15, 0.2) is 0 Å². The number of nitrogens with one attached hydrogen (secondary N) is 1. The van der Waals surface area contributed by atoms with Crippen LogP contribution in [0.1, 0.15) is 12.5 Å². The standard InChI is InChI=1S/C12H10FN3OS/c1-8(9-2-4-10(13)5-3-9)16-17-11-6-12(18)15-7-14-11/h2-7H,1H3,(H,14,15,18)/b16-8+. The van der Waals surface area contributed by atoms with E-state index in [1.807, 2.05) is 0 Å². The van der Waals surface area contributed by atoms with E-state index < -0.39 is 0 Å². The Morgan fingerprint density at radius 1 is 1.39 bits per heavy atom. The molecule has 0 aliphatic heterocycles. The molecule has 1 aromatic heterocycles. The van der Waals surface area contributed by atoms with Crippen LogP contribution in [-0.2, 0) is 0 Å². The minimum Gasteiger partial charge on any atom is -0.338 e. The zero-order chi connectivity index (χ0) is 13.0. The molecule has 0 radical (unpaired) electrons. The Labute approximate surface area is 108 Å². The fourth-order valence-electron chi connectivity index (χ4n) is 1.26. The van der Waals surface area contributed by atoms with E-state index in [1.54, 1.807) is 25.1 Å². The van der Waals surface area contributed by atoms with Crippen molar-refractivity contribution in [1.29, 1.82) is 0 Å². The Morgan fingerprint density at radius 2 is 2.11 bits per heavy atom. The Kier molecular flexibility index (Phi) is 3.78. The zero-order valence-electron chi connectivity index (χ0n) is 9.55. The molecule has 18 heavy (non-hydrogen) atoms. The summed E-state index contributed by atoms with van der Waals surface area (Å²) in [5, 5.41) is 3.92. The summed E-state index contributed by atoms with van der Waals surface area (Å²) in [5.74, 6) is 0.113. The van der Waals surface area contributed by atoms with Crippen molar-refractivity contribution in [2.75, 3.05) is 0 Å². The van der Waals surface area contributed by atoms with Crippen LogP contribution < -0.4 is 4.84 Å². The summed E-state index contributed by atoms with van der Waals surface area (Å²) in [4.78, 5) is 11.7. The summed E-state index contributed by atoms with van der Waals surface area (Å²) in [6.45, 7) is 1.77. The monoisotopic (exact) mass is 263 g/mol. The normalized spacial score (nSPS) is 11.3. The van der Waals surface area contributed by atoms with Crippen LogP contribution in [0.5, 0.6) is 5.88 Å². The van der Waals surface area contributed by atoms with Crippen LogP contribution in [0.15, 0.2) is 41.8 Å². The lowest BCUT2D eigenvalue weighted by atomic mass is 10.1. The number of aromatic amines is 1. The molecule has 92 valence electrons. The van der Waals surface area contributed by atoms with E-state index in [0.29, 0.717) is 16.2 Å². The molecule has 0 amide bonds. The maximum Gasteiger partial charge on any atom is 0.231 e. The van der Waals surface area contributed by atoms with Crippen LogP contribution in [0.4, 0.5) is 4.39 Å². The molecule has 1 N–H and O–H groups in total. The third-order valence-electron chi connectivity index (χ3n) is 2.20. The molecule has 0 unspecified atom stereocenters. The number of oxime groups is 1. The average molecular weight is 263 g/mol. The molecule has 4 nitrogen and oxygen atoms in total. The first-order valence-corrected chi connectivity index (χ1v) is 5.58. The highest BCUT2D eigenvalue weighted by Crippen LogP contribution is 2.07. The molecule has 2 rings (SSSR count). The topological polar surface area (TPSA) is 50.3 Å². The largest absolute Gasteiger partial charge is 0.338 e. The molecule has 1 heterocycles. The number of hydrogen-bond acceptors (Lipinski definition) is 4. The number of rotatable bonds is 3. The van der Waals surface area contributed by atoms with Crippen molar-refractivity contribution in [2.45, 2.75) is 6.92 Å². The van der Waals surface area contributed by atoms with Gasteiger partial charge >= 0.3 is 0 Å². The lowest BCUT2D eigenvalue weighted by Crippen LogP contribution is -1.98. The van der Waals surface area contributed by atoms with E-state index in [0.717, 1.165) is 5.56 Å². The summed E-state index contributed by atoms with van der Waals surface area (Å²) in [7, 11) is 0. The second kappa shape index (κ2) is 5.50. The van der Waals surface area contributed by atoms with Gasteiger partial charge in [-0.3, -0.25) is 0 Å². The van der Waals surface area contributed by atoms with Crippen molar-refractivity contribution in [3.63, 3.8) is 0 Å². The maximum atomic E-state index is 12.8. The SMILES string of the molecule is C/C(=N\Oc1cc(=S)nc[nH]1)c1ccc(F)cc1. The van der Waals surface area contributed by atoms with Gasteiger partial charge in [-0.2, -0.15) is 0 Å². The van der Waals surface area contributed by atoms with Crippen molar-refractivity contribution < 1.29 is 9.23 Å². The highest BCUT2D eigenvalue weighted by Gasteiger charge is 1.99. The number of benzene rings is 1. The first-order valence-electron chi connectivity index (χ1n) is 5.17. The lowest BCUT2D eigenvalue weighted by Gasteiger charge is -2.01. The molecule has 2 aromatic rings. The van der Waals surface area contributed by atoms with Gasteiger partial charge in [0.1, 0.15) is 10.5 Å².